The van der Waals surface area contributed by atoms with E-state index in [0.29, 0.717) is 17.8 Å². The Morgan fingerprint density at radius 3 is 2.06 bits per heavy atom. The van der Waals surface area contributed by atoms with Gasteiger partial charge in [-0.2, -0.15) is 0 Å². The second-order valence-corrected chi connectivity index (χ2v) is 5.67. The minimum absolute atomic E-state index is 0.286. The zero-order chi connectivity index (χ0) is 14.0. The van der Waals surface area contributed by atoms with Crippen LogP contribution in [-0.2, 0) is 0 Å². The quantitative estimate of drug-likeness (QED) is 0.892. The standard InChI is InChI=1S/C14H26N4/c1-8(2)11(6)18(7)14-10(5)12(15)16-13(17-14)9(3)4/h8-9,11H,1-7H3,(H2,15,16,17). The molecule has 1 aromatic rings. The molecule has 4 nitrogen and oxygen atoms in total. The highest BCUT2D eigenvalue weighted by molar-refractivity contribution is 5.56. The van der Waals surface area contributed by atoms with Crippen molar-refractivity contribution in [3.63, 3.8) is 0 Å². The van der Waals surface area contributed by atoms with E-state index in [4.69, 9.17) is 5.73 Å². The molecule has 0 aromatic carbocycles. The highest BCUT2D eigenvalue weighted by Gasteiger charge is 2.19. The van der Waals surface area contributed by atoms with E-state index >= 15 is 0 Å². The molecule has 0 saturated carbocycles. The fourth-order valence-electron chi connectivity index (χ4n) is 1.78. The van der Waals surface area contributed by atoms with E-state index in [9.17, 15) is 0 Å². The van der Waals surface area contributed by atoms with Gasteiger partial charge in [-0.25, -0.2) is 9.97 Å². The van der Waals surface area contributed by atoms with Gasteiger partial charge in [0, 0.05) is 24.6 Å². The number of nitrogen functional groups attached to an aromatic ring is 1. The first-order valence-electron chi connectivity index (χ1n) is 6.62. The molecule has 1 aromatic heterocycles. The number of anilines is 2. The molecule has 0 amide bonds. The second-order valence-electron chi connectivity index (χ2n) is 5.67. The summed E-state index contributed by atoms with van der Waals surface area (Å²) in [6.07, 6.45) is 0. The van der Waals surface area contributed by atoms with Crippen LogP contribution < -0.4 is 10.6 Å². The van der Waals surface area contributed by atoms with E-state index in [1.54, 1.807) is 0 Å². The first-order chi connectivity index (χ1) is 8.25. The van der Waals surface area contributed by atoms with Crippen LogP contribution in [0, 0.1) is 12.8 Å². The van der Waals surface area contributed by atoms with Crippen molar-refractivity contribution < 1.29 is 0 Å². The SMILES string of the molecule is Cc1c(N)nc(C(C)C)nc1N(C)C(C)C(C)C. The second kappa shape index (κ2) is 5.55. The third kappa shape index (κ3) is 2.92. The minimum Gasteiger partial charge on any atom is -0.383 e. The zero-order valence-electron chi connectivity index (χ0n) is 12.7. The first kappa shape index (κ1) is 14.7. The molecule has 0 aliphatic heterocycles. The lowest BCUT2D eigenvalue weighted by Crippen LogP contribution is -2.34. The predicted octanol–water partition coefficient (Wildman–Crippen LogP) is 2.97. The number of hydrogen-bond acceptors (Lipinski definition) is 4. The van der Waals surface area contributed by atoms with E-state index in [0.717, 1.165) is 17.2 Å². The molecular weight excluding hydrogens is 224 g/mol. The molecule has 2 N–H and O–H groups in total. The monoisotopic (exact) mass is 250 g/mol. The van der Waals surface area contributed by atoms with Gasteiger partial charge in [-0.1, -0.05) is 27.7 Å². The van der Waals surface area contributed by atoms with E-state index in [-0.39, 0.29) is 5.92 Å². The third-order valence-electron chi connectivity index (χ3n) is 3.60. The molecule has 1 rings (SSSR count). The number of rotatable bonds is 4. The maximum Gasteiger partial charge on any atom is 0.137 e. The number of nitrogens with zero attached hydrogens (tertiary/aromatic N) is 3. The van der Waals surface area contributed by atoms with Crippen LogP contribution in [0.5, 0.6) is 0 Å². The summed E-state index contributed by atoms with van der Waals surface area (Å²) in [6.45, 7) is 12.8. The molecule has 0 spiro atoms. The van der Waals surface area contributed by atoms with Gasteiger partial charge in [0.25, 0.3) is 0 Å². The molecule has 0 bridgehead atoms. The van der Waals surface area contributed by atoms with Crippen LogP contribution in [0.25, 0.3) is 0 Å². The molecule has 1 heterocycles. The van der Waals surface area contributed by atoms with Crippen molar-refractivity contribution in [3.05, 3.63) is 11.4 Å². The summed E-state index contributed by atoms with van der Waals surface area (Å²) < 4.78 is 0. The lowest BCUT2D eigenvalue weighted by atomic mass is 10.0. The Balaban J connectivity index is 3.22. The molecule has 102 valence electrons. The van der Waals surface area contributed by atoms with Crippen molar-refractivity contribution in [1.82, 2.24) is 9.97 Å². The molecule has 0 saturated heterocycles. The highest BCUT2D eigenvalue weighted by atomic mass is 15.2. The highest BCUT2D eigenvalue weighted by Crippen LogP contribution is 2.26. The summed E-state index contributed by atoms with van der Waals surface area (Å²) in [7, 11) is 2.07. The maximum absolute atomic E-state index is 6.00. The van der Waals surface area contributed by atoms with Gasteiger partial charge >= 0.3 is 0 Å². The Hall–Kier alpha value is -1.32. The topological polar surface area (TPSA) is 55.0 Å². The zero-order valence-corrected chi connectivity index (χ0v) is 12.7. The summed E-state index contributed by atoms with van der Waals surface area (Å²) in [5, 5.41) is 0. The van der Waals surface area contributed by atoms with E-state index in [2.05, 4.69) is 56.5 Å². The van der Waals surface area contributed by atoms with Gasteiger partial charge in [0.2, 0.25) is 0 Å². The summed E-state index contributed by atoms with van der Waals surface area (Å²) in [5.74, 6) is 3.21. The van der Waals surface area contributed by atoms with Crippen LogP contribution in [-0.4, -0.2) is 23.1 Å². The Morgan fingerprint density at radius 2 is 1.61 bits per heavy atom. The van der Waals surface area contributed by atoms with Crippen molar-refractivity contribution in [2.45, 2.75) is 53.5 Å². The van der Waals surface area contributed by atoms with E-state index in [1.807, 2.05) is 6.92 Å². The maximum atomic E-state index is 6.00. The van der Waals surface area contributed by atoms with Crippen LogP contribution in [0.15, 0.2) is 0 Å². The summed E-state index contributed by atoms with van der Waals surface area (Å²) in [5.41, 5.74) is 6.96. The van der Waals surface area contributed by atoms with Crippen molar-refractivity contribution in [2.75, 3.05) is 17.7 Å². The van der Waals surface area contributed by atoms with Crippen molar-refractivity contribution in [2.24, 2.45) is 5.92 Å². The molecule has 18 heavy (non-hydrogen) atoms. The Bertz CT molecular complexity index is 413. The number of nitrogens with two attached hydrogens (primary N) is 1. The van der Waals surface area contributed by atoms with Gasteiger partial charge in [-0.15, -0.1) is 0 Å². The molecule has 0 aliphatic rings. The number of hydrogen-bond donors (Lipinski definition) is 1. The lowest BCUT2D eigenvalue weighted by Gasteiger charge is -2.30. The summed E-state index contributed by atoms with van der Waals surface area (Å²) in [6, 6.07) is 0.415. The van der Waals surface area contributed by atoms with E-state index in [1.165, 1.54) is 0 Å². The third-order valence-corrected chi connectivity index (χ3v) is 3.60. The van der Waals surface area contributed by atoms with Gasteiger partial charge in [-0.3, -0.25) is 0 Å². The Morgan fingerprint density at radius 1 is 1.06 bits per heavy atom. The van der Waals surface area contributed by atoms with Crippen molar-refractivity contribution >= 4 is 11.6 Å². The lowest BCUT2D eigenvalue weighted by molar-refractivity contribution is 0.501. The average Bonchev–Trinajstić information content (AvgIpc) is 2.30. The molecule has 4 heteroatoms. The van der Waals surface area contributed by atoms with Crippen LogP contribution in [0.1, 0.15) is 51.9 Å². The summed E-state index contributed by atoms with van der Waals surface area (Å²) >= 11 is 0. The first-order valence-corrected chi connectivity index (χ1v) is 6.62. The van der Waals surface area contributed by atoms with Crippen LogP contribution >= 0.6 is 0 Å². The van der Waals surface area contributed by atoms with Gasteiger partial charge < -0.3 is 10.6 Å². The molecule has 0 radical (unpaired) electrons. The fraction of sp³-hybridized carbons (Fsp3) is 0.714. The normalized spacial score (nSPS) is 13.2. The molecular formula is C14H26N4. The Kier molecular flexibility index (Phi) is 4.54. The van der Waals surface area contributed by atoms with Gasteiger partial charge in [0.15, 0.2) is 0 Å². The summed E-state index contributed by atoms with van der Waals surface area (Å²) in [4.78, 5) is 11.2. The number of aromatic nitrogens is 2. The minimum atomic E-state index is 0.286. The fourth-order valence-corrected chi connectivity index (χ4v) is 1.78. The smallest absolute Gasteiger partial charge is 0.137 e. The van der Waals surface area contributed by atoms with Crippen LogP contribution in [0.4, 0.5) is 11.6 Å². The predicted molar refractivity (Wildman–Crippen MR) is 78.0 cm³/mol. The van der Waals surface area contributed by atoms with Crippen molar-refractivity contribution in [3.8, 4) is 0 Å². The average molecular weight is 250 g/mol. The molecule has 1 atom stereocenters. The molecule has 0 aliphatic carbocycles. The van der Waals surface area contributed by atoms with Gasteiger partial charge in [0.1, 0.15) is 17.5 Å². The van der Waals surface area contributed by atoms with Gasteiger partial charge in [0.05, 0.1) is 0 Å². The largest absolute Gasteiger partial charge is 0.383 e. The molecule has 0 fully saturated rings. The van der Waals surface area contributed by atoms with E-state index < -0.39 is 0 Å². The Labute approximate surface area is 111 Å². The van der Waals surface area contributed by atoms with Crippen LogP contribution in [0.3, 0.4) is 0 Å². The molecule has 1 unspecified atom stereocenters. The van der Waals surface area contributed by atoms with Crippen molar-refractivity contribution in [1.29, 1.82) is 0 Å². The van der Waals surface area contributed by atoms with Gasteiger partial charge in [-0.05, 0) is 19.8 Å². The van der Waals surface area contributed by atoms with Crippen LogP contribution in [0.2, 0.25) is 0 Å².